The quantitative estimate of drug-likeness (QED) is 0.580. The molecule has 1 rings (SSSR count). The van der Waals surface area contributed by atoms with Crippen LogP contribution in [0, 0.1) is 0 Å². The monoisotopic (exact) mass is 255 g/mol. The van der Waals surface area contributed by atoms with Crippen molar-refractivity contribution in [3.05, 3.63) is 24.3 Å². The van der Waals surface area contributed by atoms with Crippen LogP contribution in [0.4, 0.5) is 0 Å². The normalized spacial score (nSPS) is 14.4. The fourth-order valence-corrected chi connectivity index (χ4v) is 2.33. The Hall–Kier alpha value is -0.710. The maximum Gasteiger partial charge on any atom is 0.119 e. The highest BCUT2D eigenvalue weighted by atomic mass is 32.2. The standard InChI is InChI=1S/C13H21NO2S/c1-13(14,10-15)7-4-8-17-12-6-3-5-11(9-12)16-2/h3,5-6,9,15H,4,7-8,10,14H2,1-2H3. The lowest BCUT2D eigenvalue weighted by Gasteiger charge is -2.21. The summed E-state index contributed by atoms with van der Waals surface area (Å²) in [5.41, 5.74) is 5.41. The highest BCUT2D eigenvalue weighted by Crippen LogP contribution is 2.24. The SMILES string of the molecule is COc1cccc(SCCCC(C)(N)CO)c1. The Kier molecular flexibility index (Phi) is 5.82. The predicted octanol–water partition coefficient (Wildman–Crippen LogP) is 2.28. The summed E-state index contributed by atoms with van der Waals surface area (Å²) in [6, 6.07) is 8.02. The number of methoxy groups -OCH3 is 1. The lowest BCUT2D eigenvalue weighted by molar-refractivity contribution is 0.200. The molecule has 0 saturated carbocycles. The van der Waals surface area contributed by atoms with Crippen LogP contribution in [-0.4, -0.2) is 30.1 Å². The van der Waals surface area contributed by atoms with Crippen molar-refractivity contribution in [2.45, 2.75) is 30.2 Å². The molecule has 1 atom stereocenters. The molecule has 1 aromatic rings. The molecule has 0 bridgehead atoms. The third kappa shape index (κ3) is 5.44. The minimum atomic E-state index is -0.449. The van der Waals surface area contributed by atoms with Gasteiger partial charge in [0.2, 0.25) is 0 Å². The van der Waals surface area contributed by atoms with E-state index in [1.165, 1.54) is 4.90 Å². The summed E-state index contributed by atoms with van der Waals surface area (Å²) in [6.07, 6.45) is 1.83. The second kappa shape index (κ2) is 6.89. The van der Waals surface area contributed by atoms with Crippen molar-refractivity contribution in [2.75, 3.05) is 19.5 Å². The Morgan fingerprint density at radius 3 is 2.88 bits per heavy atom. The minimum Gasteiger partial charge on any atom is -0.497 e. The summed E-state index contributed by atoms with van der Waals surface area (Å²) in [7, 11) is 1.67. The van der Waals surface area contributed by atoms with E-state index in [9.17, 15) is 0 Å². The average Bonchev–Trinajstić information content (AvgIpc) is 2.35. The van der Waals surface area contributed by atoms with Crippen molar-refractivity contribution in [3.63, 3.8) is 0 Å². The van der Waals surface area contributed by atoms with E-state index in [1.54, 1.807) is 18.9 Å². The van der Waals surface area contributed by atoms with Gasteiger partial charge in [0.25, 0.3) is 0 Å². The van der Waals surface area contributed by atoms with Crippen molar-refractivity contribution in [1.29, 1.82) is 0 Å². The van der Waals surface area contributed by atoms with E-state index < -0.39 is 5.54 Å². The smallest absolute Gasteiger partial charge is 0.119 e. The molecule has 0 fully saturated rings. The summed E-state index contributed by atoms with van der Waals surface area (Å²) in [5.74, 6) is 1.88. The Morgan fingerprint density at radius 2 is 2.24 bits per heavy atom. The molecular weight excluding hydrogens is 234 g/mol. The fraction of sp³-hybridized carbons (Fsp3) is 0.538. The van der Waals surface area contributed by atoms with Gasteiger partial charge in [-0.3, -0.25) is 0 Å². The molecule has 96 valence electrons. The summed E-state index contributed by atoms with van der Waals surface area (Å²) >= 11 is 1.78. The van der Waals surface area contributed by atoms with Crippen LogP contribution in [0.25, 0.3) is 0 Å². The highest BCUT2D eigenvalue weighted by molar-refractivity contribution is 7.99. The zero-order valence-corrected chi connectivity index (χ0v) is 11.3. The molecule has 0 aliphatic rings. The van der Waals surface area contributed by atoms with Gasteiger partial charge in [0.05, 0.1) is 13.7 Å². The Bertz CT molecular complexity index is 342. The lowest BCUT2D eigenvalue weighted by atomic mass is 9.99. The van der Waals surface area contributed by atoms with E-state index >= 15 is 0 Å². The molecule has 0 aromatic heterocycles. The molecule has 3 N–H and O–H groups in total. The van der Waals surface area contributed by atoms with Crippen LogP contribution in [-0.2, 0) is 0 Å². The molecular formula is C13H21NO2S. The van der Waals surface area contributed by atoms with Crippen molar-refractivity contribution < 1.29 is 9.84 Å². The van der Waals surface area contributed by atoms with Crippen LogP contribution in [0.5, 0.6) is 5.75 Å². The van der Waals surface area contributed by atoms with Gasteiger partial charge in [-0.15, -0.1) is 11.8 Å². The van der Waals surface area contributed by atoms with Gasteiger partial charge in [0.1, 0.15) is 5.75 Å². The predicted molar refractivity (Wildman–Crippen MR) is 72.6 cm³/mol. The third-order valence-electron chi connectivity index (χ3n) is 2.56. The molecule has 0 spiro atoms. The van der Waals surface area contributed by atoms with E-state index in [0.29, 0.717) is 0 Å². The number of hydrogen-bond donors (Lipinski definition) is 2. The summed E-state index contributed by atoms with van der Waals surface area (Å²) in [5, 5.41) is 9.03. The highest BCUT2D eigenvalue weighted by Gasteiger charge is 2.15. The second-order valence-corrected chi connectivity index (χ2v) is 5.61. The Balaban J connectivity index is 2.31. The zero-order valence-electron chi connectivity index (χ0n) is 10.5. The van der Waals surface area contributed by atoms with Gasteiger partial charge in [0, 0.05) is 10.4 Å². The molecule has 0 amide bonds. The van der Waals surface area contributed by atoms with Crippen LogP contribution in [0.15, 0.2) is 29.2 Å². The van der Waals surface area contributed by atoms with E-state index in [4.69, 9.17) is 15.6 Å². The minimum absolute atomic E-state index is 0.0385. The molecule has 0 aliphatic carbocycles. The number of aliphatic hydroxyl groups excluding tert-OH is 1. The summed E-state index contributed by atoms with van der Waals surface area (Å²) in [4.78, 5) is 1.20. The molecule has 17 heavy (non-hydrogen) atoms. The molecule has 1 unspecified atom stereocenters. The van der Waals surface area contributed by atoms with Crippen molar-refractivity contribution in [1.82, 2.24) is 0 Å². The maximum absolute atomic E-state index is 9.03. The Labute approximate surface area is 107 Å². The van der Waals surface area contributed by atoms with Gasteiger partial charge in [0.15, 0.2) is 0 Å². The van der Waals surface area contributed by atoms with Gasteiger partial charge in [-0.05, 0) is 43.7 Å². The number of hydrogen-bond acceptors (Lipinski definition) is 4. The van der Waals surface area contributed by atoms with Crippen LogP contribution in [0.3, 0.4) is 0 Å². The first-order valence-corrected chi connectivity index (χ1v) is 6.72. The van der Waals surface area contributed by atoms with Crippen LogP contribution >= 0.6 is 11.8 Å². The molecule has 4 heteroatoms. The molecule has 0 aliphatic heterocycles. The average molecular weight is 255 g/mol. The van der Waals surface area contributed by atoms with Crippen molar-refractivity contribution in [2.24, 2.45) is 5.73 Å². The second-order valence-electron chi connectivity index (χ2n) is 4.44. The van der Waals surface area contributed by atoms with Gasteiger partial charge in [-0.2, -0.15) is 0 Å². The first-order chi connectivity index (χ1) is 8.07. The Morgan fingerprint density at radius 1 is 1.47 bits per heavy atom. The first kappa shape index (κ1) is 14.4. The van der Waals surface area contributed by atoms with Crippen LogP contribution in [0.1, 0.15) is 19.8 Å². The van der Waals surface area contributed by atoms with E-state index in [0.717, 1.165) is 24.3 Å². The lowest BCUT2D eigenvalue weighted by Crippen LogP contribution is -2.40. The van der Waals surface area contributed by atoms with Gasteiger partial charge >= 0.3 is 0 Å². The zero-order chi connectivity index (χ0) is 12.7. The molecule has 0 saturated heterocycles. The number of thioether (sulfide) groups is 1. The van der Waals surface area contributed by atoms with Gasteiger partial charge in [-0.25, -0.2) is 0 Å². The van der Waals surface area contributed by atoms with Crippen molar-refractivity contribution in [3.8, 4) is 5.75 Å². The fourth-order valence-electron chi connectivity index (χ4n) is 1.44. The molecule has 1 aromatic carbocycles. The van der Waals surface area contributed by atoms with E-state index in [2.05, 4.69) is 6.07 Å². The van der Waals surface area contributed by atoms with Crippen LogP contribution in [0.2, 0.25) is 0 Å². The third-order valence-corrected chi connectivity index (χ3v) is 3.64. The maximum atomic E-state index is 9.03. The molecule has 0 heterocycles. The first-order valence-electron chi connectivity index (χ1n) is 5.74. The van der Waals surface area contributed by atoms with Crippen molar-refractivity contribution >= 4 is 11.8 Å². The van der Waals surface area contributed by atoms with E-state index in [-0.39, 0.29) is 6.61 Å². The number of benzene rings is 1. The summed E-state index contributed by atoms with van der Waals surface area (Å²) < 4.78 is 5.17. The molecule has 0 radical (unpaired) electrons. The number of ether oxygens (including phenoxy) is 1. The van der Waals surface area contributed by atoms with Crippen LogP contribution < -0.4 is 10.5 Å². The topological polar surface area (TPSA) is 55.5 Å². The summed E-state index contributed by atoms with van der Waals surface area (Å²) in [6.45, 7) is 1.92. The number of aliphatic hydroxyl groups is 1. The number of nitrogens with two attached hydrogens (primary N) is 1. The van der Waals surface area contributed by atoms with E-state index in [1.807, 2.05) is 25.1 Å². The largest absolute Gasteiger partial charge is 0.497 e. The number of rotatable bonds is 7. The molecule has 3 nitrogen and oxygen atoms in total. The van der Waals surface area contributed by atoms with Gasteiger partial charge < -0.3 is 15.6 Å². The van der Waals surface area contributed by atoms with Gasteiger partial charge in [-0.1, -0.05) is 6.07 Å².